The number of carbonyl (C=O) groups excluding carboxylic acids is 1. The molecule has 0 aliphatic carbocycles. The lowest BCUT2D eigenvalue weighted by Crippen LogP contribution is -2.25. The molecule has 0 aliphatic rings. The monoisotopic (exact) mass is 282 g/mol. The molecule has 0 fully saturated rings. The molecule has 0 saturated carbocycles. The third-order valence-electron chi connectivity index (χ3n) is 2.09. The fourth-order valence-corrected chi connectivity index (χ4v) is 1.65. The van der Waals surface area contributed by atoms with E-state index in [1.807, 2.05) is 19.1 Å². The van der Waals surface area contributed by atoms with E-state index in [1.165, 1.54) is 0 Å². The van der Waals surface area contributed by atoms with Gasteiger partial charge in [0.05, 0.1) is 5.56 Å². The molecule has 0 heterocycles. The summed E-state index contributed by atoms with van der Waals surface area (Å²) in [5.41, 5.74) is 6.75. The molecule has 3 nitrogen and oxygen atoms in total. The number of halogens is 1. The van der Waals surface area contributed by atoms with E-state index >= 15 is 0 Å². The zero-order valence-electron chi connectivity index (χ0n) is 9.16. The molecule has 4 heteroatoms. The van der Waals surface area contributed by atoms with Crippen molar-refractivity contribution < 1.29 is 4.79 Å². The average molecular weight is 283 g/mol. The number of rotatable bonds is 4. The van der Waals surface area contributed by atoms with Crippen molar-refractivity contribution in [2.45, 2.75) is 13.3 Å². The fourth-order valence-electron chi connectivity index (χ4n) is 1.27. The normalized spacial score (nSPS) is 10.6. The summed E-state index contributed by atoms with van der Waals surface area (Å²) >= 11 is 3.30. The summed E-state index contributed by atoms with van der Waals surface area (Å²) in [5, 5.41) is 2.81. The van der Waals surface area contributed by atoms with Crippen LogP contribution in [0.3, 0.4) is 0 Å². The molecule has 86 valence electrons. The summed E-state index contributed by atoms with van der Waals surface area (Å²) in [6, 6.07) is 5.24. The van der Waals surface area contributed by atoms with Gasteiger partial charge >= 0.3 is 0 Å². The third kappa shape index (κ3) is 3.70. The molecule has 0 unspecified atom stereocenters. The topological polar surface area (TPSA) is 55.1 Å². The van der Waals surface area contributed by atoms with Crippen LogP contribution in [0.2, 0.25) is 0 Å². The van der Waals surface area contributed by atoms with Crippen LogP contribution >= 0.6 is 15.9 Å². The molecule has 1 rings (SSSR count). The Morgan fingerprint density at radius 2 is 2.31 bits per heavy atom. The number of carbonyl (C=O) groups is 1. The van der Waals surface area contributed by atoms with Gasteiger partial charge in [0.25, 0.3) is 5.91 Å². The summed E-state index contributed by atoms with van der Waals surface area (Å²) in [7, 11) is 0. The van der Waals surface area contributed by atoms with Crippen LogP contribution in [0.4, 0.5) is 5.69 Å². The Balaban J connectivity index is 2.59. The van der Waals surface area contributed by atoms with Crippen LogP contribution < -0.4 is 11.1 Å². The van der Waals surface area contributed by atoms with E-state index in [0.29, 0.717) is 17.8 Å². The van der Waals surface area contributed by atoms with Crippen LogP contribution in [0.5, 0.6) is 0 Å². The van der Waals surface area contributed by atoms with E-state index < -0.39 is 0 Å². The molecule has 0 aliphatic heterocycles. The summed E-state index contributed by atoms with van der Waals surface area (Å²) in [5.74, 6) is -0.130. The number of allylic oxidation sites excluding steroid dienone is 1. The molecule has 16 heavy (non-hydrogen) atoms. The van der Waals surface area contributed by atoms with Gasteiger partial charge in [-0.05, 0) is 31.5 Å². The lowest BCUT2D eigenvalue weighted by Gasteiger charge is -2.06. The summed E-state index contributed by atoms with van der Waals surface area (Å²) < 4.78 is 0.871. The predicted octanol–water partition coefficient (Wildman–Crippen LogP) is 2.73. The number of amides is 1. The Hall–Kier alpha value is -1.29. The minimum absolute atomic E-state index is 0.130. The largest absolute Gasteiger partial charge is 0.398 e. The van der Waals surface area contributed by atoms with Gasteiger partial charge in [-0.2, -0.15) is 0 Å². The van der Waals surface area contributed by atoms with E-state index in [-0.39, 0.29) is 5.91 Å². The third-order valence-corrected chi connectivity index (χ3v) is 2.58. The van der Waals surface area contributed by atoms with Crippen LogP contribution in [-0.4, -0.2) is 12.5 Å². The van der Waals surface area contributed by atoms with Crippen LogP contribution in [0.25, 0.3) is 0 Å². The Labute approximate surface area is 104 Å². The van der Waals surface area contributed by atoms with Crippen molar-refractivity contribution >= 4 is 27.5 Å². The zero-order chi connectivity index (χ0) is 12.0. The van der Waals surface area contributed by atoms with Gasteiger partial charge in [-0.25, -0.2) is 0 Å². The van der Waals surface area contributed by atoms with Crippen molar-refractivity contribution in [3.8, 4) is 0 Å². The molecule has 0 radical (unpaired) electrons. The first-order chi connectivity index (χ1) is 7.65. The molecule has 0 aromatic heterocycles. The second-order valence-electron chi connectivity index (χ2n) is 3.35. The molecular formula is C12H15BrN2O. The Morgan fingerprint density at radius 3 is 2.94 bits per heavy atom. The number of nitrogens with one attached hydrogen (secondary N) is 1. The Morgan fingerprint density at radius 1 is 1.56 bits per heavy atom. The average Bonchev–Trinajstić information content (AvgIpc) is 2.24. The van der Waals surface area contributed by atoms with Gasteiger partial charge in [0, 0.05) is 16.7 Å². The number of nitrogens with two attached hydrogens (primary N) is 1. The number of hydrogen-bond donors (Lipinski definition) is 2. The quantitative estimate of drug-likeness (QED) is 0.507. The first-order valence-corrected chi connectivity index (χ1v) is 5.89. The number of hydrogen-bond acceptors (Lipinski definition) is 2. The number of nitrogen functional groups attached to an aromatic ring is 1. The van der Waals surface area contributed by atoms with E-state index in [1.54, 1.807) is 18.2 Å². The van der Waals surface area contributed by atoms with Crippen molar-refractivity contribution in [2.75, 3.05) is 12.3 Å². The molecule has 3 N–H and O–H groups in total. The van der Waals surface area contributed by atoms with E-state index in [0.717, 1.165) is 10.9 Å². The Kier molecular flexibility index (Phi) is 5.05. The smallest absolute Gasteiger partial charge is 0.253 e. The molecule has 0 bridgehead atoms. The summed E-state index contributed by atoms with van der Waals surface area (Å²) in [6.07, 6.45) is 4.80. The zero-order valence-corrected chi connectivity index (χ0v) is 10.8. The van der Waals surface area contributed by atoms with Gasteiger partial charge in [0.1, 0.15) is 0 Å². The maximum Gasteiger partial charge on any atom is 0.253 e. The maximum atomic E-state index is 11.7. The maximum absolute atomic E-state index is 11.7. The van der Waals surface area contributed by atoms with Crippen molar-refractivity contribution in [1.29, 1.82) is 0 Å². The van der Waals surface area contributed by atoms with Crippen molar-refractivity contribution in [2.24, 2.45) is 0 Å². The van der Waals surface area contributed by atoms with Gasteiger partial charge in [0.2, 0.25) is 0 Å². The first kappa shape index (κ1) is 12.8. The van der Waals surface area contributed by atoms with Crippen molar-refractivity contribution in [3.63, 3.8) is 0 Å². The van der Waals surface area contributed by atoms with Crippen LogP contribution in [0, 0.1) is 0 Å². The highest BCUT2D eigenvalue weighted by Gasteiger charge is 2.08. The van der Waals surface area contributed by atoms with Gasteiger partial charge in [-0.15, -0.1) is 0 Å². The standard InChI is InChI=1S/C12H15BrN2O/c1-2-3-4-7-15-12(16)10-6-5-9(13)8-11(10)14/h2-3,5-6,8H,4,7,14H2,1H3,(H,15,16)/b3-2+. The van der Waals surface area contributed by atoms with Gasteiger partial charge in [-0.3, -0.25) is 4.79 Å². The van der Waals surface area contributed by atoms with E-state index in [9.17, 15) is 4.79 Å². The minimum Gasteiger partial charge on any atom is -0.398 e. The second-order valence-corrected chi connectivity index (χ2v) is 4.26. The lowest BCUT2D eigenvalue weighted by molar-refractivity contribution is 0.0955. The fraction of sp³-hybridized carbons (Fsp3) is 0.250. The predicted molar refractivity (Wildman–Crippen MR) is 70.3 cm³/mol. The molecule has 1 aromatic rings. The first-order valence-electron chi connectivity index (χ1n) is 5.09. The van der Waals surface area contributed by atoms with Crippen molar-refractivity contribution in [3.05, 3.63) is 40.4 Å². The summed E-state index contributed by atoms with van der Waals surface area (Å²) in [4.78, 5) is 11.7. The highest BCUT2D eigenvalue weighted by molar-refractivity contribution is 9.10. The molecule has 0 saturated heterocycles. The van der Waals surface area contributed by atoms with E-state index in [4.69, 9.17) is 5.73 Å². The minimum atomic E-state index is -0.130. The van der Waals surface area contributed by atoms with Gasteiger partial charge < -0.3 is 11.1 Å². The number of anilines is 1. The highest BCUT2D eigenvalue weighted by atomic mass is 79.9. The number of benzene rings is 1. The molecule has 1 amide bonds. The van der Waals surface area contributed by atoms with Crippen LogP contribution in [0.1, 0.15) is 23.7 Å². The molecule has 1 aromatic carbocycles. The molecule has 0 spiro atoms. The van der Waals surface area contributed by atoms with E-state index in [2.05, 4.69) is 21.2 Å². The van der Waals surface area contributed by atoms with Crippen LogP contribution in [-0.2, 0) is 0 Å². The lowest BCUT2D eigenvalue weighted by atomic mass is 10.1. The Bertz CT molecular complexity index is 402. The van der Waals surface area contributed by atoms with Gasteiger partial charge in [0.15, 0.2) is 0 Å². The molecular weight excluding hydrogens is 268 g/mol. The van der Waals surface area contributed by atoms with Gasteiger partial charge in [-0.1, -0.05) is 28.1 Å². The highest BCUT2D eigenvalue weighted by Crippen LogP contribution is 2.18. The SMILES string of the molecule is C/C=C/CCNC(=O)c1ccc(Br)cc1N. The summed E-state index contributed by atoms with van der Waals surface area (Å²) in [6.45, 7) is 2.58. The van der Waals surface area contributed by atoms with Crippen LogP contribution in [0.15, 0.2) is 34.8 Å². The van der Waals surface area contributed by atoms with Crippen molar-refractivity contribution in [1.82, 2.24) is 5.32 Å². The molecule has 0 atom stereocenters. The second kappa shape index (κ2) is 6.33.